The van der Waals surface area contributed by atoms with E-state index in [9.17, 15) is 4.79 Å². The predicted octanol–water partition coefficient (Wildman–Crippen LogP) is 2.88. The van der Waals surface area contributed by atoms with E-state index >= 15 is 0 Å². The molecule has 0 aliphatic heterocycles. The lowest BCUT2D eigenvalue weighted by Gasteiger charge is -2.10. The fourth-order valence-corrected chi connectivity index (χ4v) is 2.05. The Hall–Kier alpha value is -2.10. The van der Waals surface area contributed by atoms with Crippen molar-refractivity contribution in [2.75, 3.05) is 5.32 Å². The van der Waals surface area contributed by atoms with Crippen molar-refractivity contribution in [2.24, 2.45) is 0 Å². The number of rotatable bonds is 4. The number of hydrogen-bond acceptors (Lipinski definition) is 3. The Morgan fingerprint density at radius 1 is 1.32 bits per heavy atom. The van der Waals surface area contributed by atoms with Crippen LogP contribution in [0.25, 0.3) is 0 Å². The SMILES string of the molecule is CCc1cc(Nc2nccn(CC)c2=O)ccc1C. The number of hydrogen-bond donors (Lipinski definition) is 1. The smallest absolute Gasteiger partial charge is 0.293 e. The van der Waals surface area contributed by atoms with Gasteiger partial charge >= 0.3 is 0 Å². The van der Waals surface area contributed by atoms with Crippen LogP contribution >= 0.6 is 0 Å². The van der Waals surface area contributed by atoms with Crippen molar-refractivity contribution >= 4 is 11.5 Å². The van der Waals surface area contributed by atoms with E-state index in [-0.39, 0.29) is 5.56 Å². The van der Waals surface area contributed by atoms with Crippen LogP contribution in [-0.2, 0) is 13.0 Å². The molecule has 0 atom stereocenters. The molecule has 0 aliphatic rings. The molecule has 100 valence electrons. The highest BCUT2D eigenvalue weighted by molar-refractivity contribution is 5.57. The van der Waals surface area contributed by atoms with Crippen molar-refractivity contribution in [3.63, 3.8) is 0 Å². The molecule has 0 saturated heterocycles. The zero-order chi connectivity index (χ0) is 13.8. The van der Waals surface area contributed by atoms with Gasteiger partial charge in [0.15, 0.2) is 5.82 Å². The highest BCUT2D eigenvalue weighted by Gasteiger charge is 2.05. The molecule has 2 rings (SSSR count). The summed E-state index contributed by atoms with van der Waals surface area (Å²) in [4.78, 5) is 16.2. The largest absolute Gasteiger partial charge is 0.336 e. The van der Waals surface area contributed by atoms with Crippen molar-refractivity contribution < 1.29 is 0 Å². The maximum absolute atomic E-state index is 12.1. The Morgan fingerprint density at radius 2 is 2.11 bits per heavy atom. The Bertz CT molecular complexity index is 632. The van der Waals surface area contributed by atoms with E-state index in [0.29, 0.717) is 12.4 Å². The highest BCUT2D eigenvalue weighted by Crippen LogP contribution is 2.17. The van der Waals surface area contributed by atoms with Gasteiger partial charge in [0.05, 0.1) is 0 Å². The van der Waals surface area contributed by atoms with Crippen LogP contribution in [0.3, 0.4) is 0 Å². The van der Waals surface area contributed by atoms with Gasteiger partial charge in [-0.1, -0.05) is 13.0 Å². The van der Waals surface area contributed by atoms with Crippen LogP contribution in [0, 0.1) is 6.92 Å². The second-order valence-corrected chi connectivity index (χ2v) is 4.49. The van der Waals surface area contributed by atoms with Crippen LogP contribution in [-0.4, -0.2) is 9.55 Å². The molecule has 0 fully saturated rings. The lowest BCUT2D eigenvalue weighted by atomic mass is 10.1. The molecule has 4 heteroatoms. The van der Waals surface area contributed by atoms with Gasteiger partial charge in [-0.05, 0) is 43.5 Å². The van der Waals surface area contributed by atoms with E-state index in [2.05, 4.69) is 36.3 Å². The topological polar surface area (TPSA) is 46.9 Å². The third-order valence-corrected chi connectivity index (χ3v) is 3.25. The molecule has 19 heavy (non-hydrogen) atoms. The Labute approximate surface area is 113 Å². The minimum Gasteiger partial charge on any atom is -0.336 e. The first-order valence-electron chi connectivity index (χ1n) is 6.57. The fraction of sp³-hybridized carbons (Fsp3) is 0.333. The minimum absolute atomic E-state index is 0.0939. The van der Waals surface area contributed by atoms with Gasteiger partial charge < -0.3 is 9.88 Å². The first kappa shape index (κ1) is 13.3. The number of aryl methyl sites for hydroxylation is 3. The summed E-state index contributed by atoms with van der Waals surface area (Å²) in [7, 11) is 0. The molecule has 0 amide bonds. The number of benzene rings is 1. The van der Waals surface area contributed by atoms with Crippen molar-refractivity contribution in [1.82, 2.24) is 9.55 Å². The van der Waals surface area contributed by atoms with Gasteiger partial charge in [-0.25, -0.2) is 4.98 Å². The van der Waals surface area contributed by atoms with E-state index in [1.807, 2.05) is 13.0 Å². The van der Waals surface area contributed by atoms with Crippen LogP contribution in [0.4, 0.5) is 11.5 Å². The van der Waals surface area contributed by atoms with Crippen LogP contribution in [0.2, 0.25) is 0 Å². The zero-order valence-electron chi connectivity index (χ0n) is 11.6. The normalized spacial score (nSPS) is 10.5. The summed E-state index contributed by atoms with van der Waals surface area (Å²) in [5.74, 6) is 0.371. The Balaban J connectivity index is 2.34. The van der Waals surface area contributed by atoms with Crippen molar-refractivity contribution in [3.8, 4) is 0 Å². The van der Waals surface area contributed by atoms with Crippen LogP contribution in [0.15, 0.2) is 35.4 Å². The summed E-state index contributed by atoms with van der Waals surface area (Å²) in [6.07, 6.45) is 4.31. The molecule has 1 aromatic heterocycles. The fourth-order valence-electron chi connectivity index (χ4n) is 2.05. The summed E-state index contributed by atoms with van der Waals surface area (Å²) < 4.78 is 1.63. The molecule has 2 aromatic rings. The van der Waals surface area contributed by atoms with Crippen molar-refractivity contribution in [1.29, 1.82) is 0 Å². The summed E-state index contributed by atoms with van der Waals surface area (Å²) >= 11 is 0. The van der Waals surface area contributed by atoms with Crippen LogP contribution < -0.4 is 10.9 Å². The molecule has 0 aliphatic carbocycles. The molecule has 0 saturated carbocycles. The first-order valence-corrected chi connectivity index (χ1v) is 6.57. The molecular formula is C15H19N3O. The second-order valence-electron chi connectivity index (χ2n) is 4.49. The van der Waals surface area contributed by atoms with Crippen LogP contribution in [0.1, 0.15) is 25.0 Å². The van der Waals surface area contributed by atoms with E-state index in [4.69, 9.17) is 0 Å². The van der Waals surface area contributed by atoms with Gasteiger partial charge in [0, 0.05) is 24.6 Å². The summed E-state index contributed by atoms with van der Waals surface area (Å²) in [6, 6.07) is 6.10. The third-order valence-electron chi connectivity index (χ3n) is 3.25. The number of anilines is 2. The molecular weight excluding hydrogens is 238 g/mol. The zero-order valence-corrected chi connectivity index (χ0v) is 11.6. The van der Waals surface area contributed by atoms with Gasteiger partial charge in [0.2, 0.25) is 0 Å². The van der Waals surface area contributed by atoms with E-state index in [1.54, 1.807) is 17.0 Å². The van der Waals surface area contributed by atoms with Gasteiger partial charge in [0.25, 0.3) is 5.56 Å². The maximum atomic E-state index is 12.1. The standard InChI is InChI=1S/C15H19N3O/c1-4-12-10-13(7-6-11(12)3)17-14-15(19)18(5-2)9-8-16-14/h6-10H,4-5H2,1-3H3,(H,16,17). The first-order chi connectivity index (χ1) is 9.15. The predicted molar refractivity (Wildman–Crippen MR) is 78.0 cm³/mol. The summed E-state index contributed by atoms with van der Waals surface area (Å²) in [6.45, 7) is 6.79. The molecule has 1 aromatic carbocycles. The third kappa shape index (κ3) is 2.84. The quantitative estimate of drug-likeness (QED) is 0.916. The molecule has 0 radical (unpaired) electrons. The average Bonchev–Trinajstić information content (AvgIpc) is 2.43. The molecule has 0 bridgehead atoms. The monoisotopic (exact) mass is 257 g/mol. The van der Waals surface area contributed by atoms with Gasteiger partial charge in [-0.2, -0.15) is 0 Å². The Morgan fingerprint density at radius 3 is 2.79 bits per heavy atom. The van der Waals surface area contributed by atoms with E-state index in [1.165, 1.54) is 11.1 Å². The summed E-state index contributed by atoms with van der Waals surface area (Å²) in [5, 5.41) is 3.10. The van der Waals surface area contributed by atoms with E-state index in [0.717, 1.165) is 12.1 Å². The van der Waals surface area contributed by atoms with Gasteiger partial charge in [0.1, 0.15) is 0 Å². The van der Waals surface area contributed by atoms with Gasteiger partial charge in [-0.3, -0.25) is 4.79 Å². The van der Waals surface area contributed by atoms with E-state index < -0.39 is 0 Å². The lowest BCUT2D eigenvalue weighted by Crippen LogP contribution is -2.22. The molecule has 4 nitrogen and oxygen atoms in total. The average molecular weight is 257 g/mol. The Kier molecular flexibility index (Phi) is 4.00. The maximum Gasteiger partial charge on any atom is 0.293 e. The van der Waals surface area contributed by atoms with Crippen molar-refractivity contribution in [3.05, 3.63) is 52.1 Å². The molecule has 0 unspecified atom stereocenters. The van der Waals surface area contributed by atoms with Crippen LogP contribution in [0.5, 0.6) is 0 Å². The lowest BCUT2D eigenvalue weighted by molar-refractivity contribution is 0.720. The molecule has 1 heterocycles. The number of aromatic nitrogens is 2. The number of nitrogens with one attached hydrogen (secondary N) is 1. The highest BCUT2D eigenvalue weighted by atomic mass is 16.1. The van der Waals surface area contributed by atoms with Crippen molar-refractivity contribution in [2.45, 2.75) is 33.7 Å². The number of nitrogens with zero attached hydrogens (tertiary/aromatic N) is 2. The minimum atomic E-state index is -0.0939. The summed E-state index contributed by atoms with van der Waals surface area (Å²) in [5.41, 5.74) is 3.35. The van der Waals surface area contributed by atoms with Gasteiger partial charge in [-0.15, -0.1) is 0 Å². The second kappa shape index (κ2) is 5.69. The molecule has 0 spiro atoms. The molecule has 1 N–H and O–H groups in total.